The van der Waals surface area contributed by atoms with Crippen LogP contribution in [0.15, 0.2) is 24.3 Å². The van der Waals surface area contributed by atoms with E-state index < -0.39 is 24.0 Å². The first-order valence-corrected chi connectivity index (χ1v) is 13.4. The van der Waals surface area contributed by atoms with Crippen LogP contribution in [0.3, 0.4) is 0 Å². The lowest BCUT2D eigenvalue weighted by Gasteiger charge is -2.36. The molecule has 36 heavy (non-hydrogen) atoms. The summed E-state index contributed by atoms with van der Waals surface area (Å²) in [6.07, 6.45) is 1.97. The molecule has 1 saturated heterocycles. The van der Waals surface area contributed by atoms with Gasteiger partial charge >= 0.3 is 0 Å². The van der Waals surface area contributed by atoms with Gasteiger partial charge in [0.15, 0.2) is 12.2 Å². The zero-order valence-corrected chi connectivity index (χ0v) is 21.6. The molecule has 2 fully saturated rings. The second kappa shape index (κ2) is 12.4. The van der Waals surface area contributed by atoms with Crippen LogP contribution in [-0.2, 0) is 20.9 Å². The molecule has 2 aromatic rings. The van der Waals surface area contributed by atoms with Gasteiger partial charge in [-0.15, -0.1) is 11.6 Å². The molecule has 0 bridgehead atoms. The normalized spacial score (nSPS) is 24.1. The van der Waals surface area contributed by atoms with Gasteiger partial charge in [-0.3, -0.25) is 9.59 Å². The number of likely N-dealkylation sites (tertiary alicyclic amines) is 1. The number of hydrogen-bond acceptors (Lipinski definition) is 6. The van der Waals surface area contributed by atoms with Gasteiger partial charge in [0.05, 0.1) is 24.2 Å². The number of aliphatic hydroxyl groups is 2. The first-order valence-electron chi connectivity index (χ1n) is 12.9. The van der Waals surface area contributed by atoms with Gasteiger partial charge in [0.2, 0.25) is 0 Å². The minimum atomic E-state index is -1.83. The quantitative estimate of drug-likeness (QED) is 0.326. The van der Waals surface area contributed by atoms with Crippen molar-refractivity contribution in [1.82, 2.24) is 19.8 Å². The first-order chi connectivity index (χ1) is 17.4. The van der Waals surface area contributed by atoms with E-state index in [1.165, 1.54) is 0 Å². The zero-order chi connectivity index (χ0) is 25.7. The number of aliphatic hydroxyl groups excluding tert-OH is 2. The van der Waals surface area contributed by atoms with Crippen LogP contribution in [0.1, 0.15) is 44.3 Å². The van der Waals surface area contributed by atoms with Crippen LogP contribution >= 0.6 is 11.6 Å². The van der Waals surface area contributed by atoms with Gasteiger partial charge in [-0.05, 0) is 57.1 Å². The third-order valence-corrected chi connectivity index (χ3v) is 7.84. The van der Waals surface area contributed by atoms with Crippen molar-refractivity contribution in [3.8, 4) is 0 Å². The average molecular weight is 521 g/mol. The van der Waals surface area contributed by atoms with Crippen LogP contribution < -0.4 is 5.32 Å². The fourth-order valence-corrected chi connectivity index (χ4v) is 5.99. The molecule has 1 aliphatic carbocycles. The van der Waals surface area contributed by atoms with Gasteiger partial charge in [-0.2, -0.15) is 0 Å². The summed E-state index contributed by atoms with van der Waals surface area (Å²) >= 11 is 6.35. The molecular formula is C26H37ClN4O5. The Hall–Kier alpha value is -2.20. The Morgan fingerprint density at radius 1 is 1.17 bits per heavy atom. The van der Waals surface area contributed by atoms with Gasteiger partial charge in [0.25, 0.3) is 11.8 Å². The van der Waals surface area contributed by atoms with E-state index in [2.05, 4.69) is 14.9 Å². The Labute approximate surface area is 216 Å². The molecule has 9 nitrogen and oxygen atoms in total. The summed E-state index contributed by atoms with van der Waals surface area (Å²) in [5.74, 6) is -0.172. The van der Waals surface area contributed by atoms with E-state index in [9.17, 15) is 19.8 Å². The fourth-order valence-electron chi connectivity index (χ4n) is 5.61. The van der Waals surface area contributed by atoms with Crippen molar-refractivity contribution in [2.45, 2.75) is 75.6 Å². The molecule has 5 atom stereocenters. The lowest BCUT2D eigenvalue weighted by molar-refractivity contribution is -0.154. The summed E-state index contributed by atoms with van der Waals surface area (Å²) in [5.41, 5.74) is 1.98. The number of aryl methyl sites for hydroxylation is 1. The number of carbonyl (C=O) groups excluding carboxylic acids is 2. The Kier molecular flexibility index (Phi) is 9.22. The molecule has 2 heterocycles. The molecule has 2 aliphatic rings. The molecule has 2 unspecified atom stereocenters. The van der Waals surface area contributed by atoms with Crippen LogP contribution in [0.4, 0.5) is 0 Å². The Balaban J connectivity index is 1.18. The lowest BCUT2D eigenvalue weighted by Crippen LogP contribution is -2.53. The second-order valence-corrected chi connectivity index (χ2v) is 10.5. The SMILES string of the molecule is Cc1nc2ccccc2n1CCOCCNC(=O)[C@H](O)[C@@H](O)C(=O)N1CCC[C@@H]1C1CCCC(Cl)C1. The number of para-hydroxylation sites is 2. The molecule has 0 spiro atoms. The maximum absolute atomic E-state index is 12.9. The van der Waals surface area contributed by atoms with Crippen molar-refractivity contribution in [2.75, 3.05) is 26.3 Å². The smallest absolute Gasteiger partial charge is 0.254 e. The van der Waals surface area contributed by atoms with Crippen LogP contribution in [0.25, 0.3) is 11.0 Å². The number of nitrogens with one attached hydrogen (secondary N) is 1. The van der Waals surface area contributed by atoms with E-state index in [4.69, 9.17) is 16.3 Å². The number of hydrogen-bond donors (Lipinski definition) is 3. The highest BCUT2D eigenvalue weighted by atomic mass is 35.5. The third-order valence-electron chi connectivity index (χ3n) is 7.45. The molecule has 1 aliphatic heterocycles. The summed E-state index contributed by atoms with van der Waals surface area (Å²) < 4.78 is 7.70. The number of fused-ring (bicyclic) bond motifs is 1. The highest BCUT2D eigenvalue weighted by Gasteiger charge is 2.41. The first kappa shape index (κ1) is 26.9. The predicted molar refractivity (Wildman–Crippen MR) is 137 cm³/mol. The number of amides is 2. The molecule has 0 radical (unpaired) electrons. The highest BCUT2D eigenvalue weighted by molar-refractivity contribution is 6.20. The number of nitrogens with zero attached hydrogens (tertiary/aromatic N) is 3. The molecule has 2 amide bonds. The molecular weight excluding hydrogens is 484 g/mol. The Bertz CT molecular complexity index is 1050. The van der Waals surface area contributed by atoms with E-state index in [1.807, 2.05) is 31.2 Å². The maximum atomic E-state index is 12.9. The zero-order valence-electron chi connectivity index (χ0n) is 20.8. The monoisotopic (exact) mass is 520 g/mol. The van der Waals surface area contributed by atoms with Gasteiger partial charge in [-0.25, -0.2) is 4.98 Å². The lowest BCUT2D eigenvalue weighted by atomic mass is 9.82. The Morgan fingerprint density at radius 3 is 2.78 bits per heavy atom. The van der Waals surface area contributed by atoms with E-state index in [0.717, 1.165) is 55.4 Å². The van der Waals surface area contributed by atoms with Crippen molar-refractivity contribution in [3.63, 3.8) is 0 Å². The van der Waals surface area contributed by atoms with E-state index in [1.54, 1.807) is 4.90 Å². The minimum Gasteiger partial charge on any atom is -0.380 e. The van der Waals surface area contributed by atoms with Crippen molar-refractivity contribution in [2.24, 2.45) is 5.92 Å². The number of ether oxygens (including phenoxy) is 1. The fraction of sp³-hybridized carbons (Fsp3) is 0.654. The van der Waals surface area contributed by atoms with Gasteiger partial charge < -0.3 is 29.7 Å². The number of imidazole rings is 1. The third kappa shape index (κ3) is 6.19. The summed E-state index contributed by atoms with van der Waals surface area (Å²) in [5, 5.41) is 23.5. The molecule has 1 aromatic heterocycles. The number of halogens is 1. The van der Waals surface area contributed by atoms with Crippen molar-refractivity contribution in [3.05, 3.63) is 30.1 Å². The molecule has 10 heteroatoms. The minimum absolute atomic E-state index is 0.00798. The summed E-state index contributed by atoms with van der Waals surface area (Å²) in [7, 11) is 0. The molecule has 1 saturated carbocycles. The molecule has 4 rings (SSSR count). The molecule has 198 valence electrons. The van der Waals surface area contributed by atoms with E-state index in [-0.39, 0.29) is 24.6 Å². The van der Waals surface area contributed by atoms with Crippen molar-refractivity contribution >= 4 is 34.4 Å². The molecule has 1 aromatic carbocycles. The molecule has 3 N–H and O–H groups in total. The highest BCUT2D eigenvalue weighted by Crippen LogP contribution is 2.36. The standard InChI is InChI=1S/C26H37ClN4O5/c1-17-29-20-8-2-3-9-22(20)30(17)13-15-36-14-11-28-25(34)23(32)24(33)26(35)31-12-5-10-21(31)18-6-4-7-19(27)16-18/h2-3,8-9,18-19,21,23-24,32-33H,4-7,10-16H2,1H3,(H,28,34)/t18?,19?,21-,23-,24-/m1/s1. The maximum Gasteiger partial charge on any atom is 0.254 e. The number of rotatable bonds is 10. The summed E-state index contributed by atoms with van der Waals surface area (Å²) in [6.45, 7) is 3.93. The van der Waals surface area contributed by atoms with Crippen molar-refractivity contribution in [1.29, 1.82) is 0 Å². The number of carbonyl (C=O) groups is 2. The van der Waals surface area contributed by atoms with Crippen LogP contribution in [0, 0.1) is 12.8 Å². The van der Waals surface area contributed by atoms with Gasteiger partial charge in [-0.1, -0.05) is 18.6 Å². The van der Waals surface area contributed by atoms with Crippen molar-refractivity contribution < 1.29 is 24.5 Å². The number of aromatic nitrogens is 2. The number of alkyl halides is 1. The summed E-state index contributed by atoms with van der Waals surface area (Å²) in [4.78, 5) is 31.5. The van der Waals surface area contributed by atoms with Crippen LogP contribution in [0.2, 0.25) is 0 Å². The Morgan fingerprint density at radius 2 is 1.97 bits per heavy atom. The van der Waals surface area contributed by atoms with E-state index >= 15 is 0 Å². The second-order valence-electron chi connectivity index (χ2n) is 9.86. The predicted octanol–water partition coefficient (Wildman–Crippen LogP) is 1.99. The number of benzene rings is 1. The van der Waals surface area contributed by atoms with E-state index in [0.29, 0.717) is 25.6 Å². The van der Waals surface area contributed by atoms with Gasteiger partial charge in [0, 0.05) is 31.1 Å². The largest absolute Gasteiger partial charge is 0.380 e. The van der Waals surface area contributed by atoms with Crippen LogP contribution in [-0.4, -0.2) is 86.4 Å². The average Bonchev–Trinajstić information content (AvgIpc) is 3.49. The topological polar surface area (TPSA) is 117 Å². The summed E-state index contributed by atoms with van der Waals surface area (Å²) in [6, 6.07) is 7.91. The van der Waals surface area contributed by atoms with Gasteiger partial charge in [0.1, 0.15) is 5.82 Å². The van der Waals surface area contributed by atoms with Crippen LogP contribution in [0.5, 0.6) is 0 Å².